The lowest BCUT2D eigenvalue weighted by molar-refractivity contribution is -0.257. The molecular formula is C43H54F3N3O9S. The molecule has 16 heteroatoms. The second-order valence-corrected chi connectivity index (χ2v) is 20.5. The first-order valence-electron chi connectivity index (χ1n) is 20.7. The Balaban J connectivity index is 1.23. The number of allylic oxidation sites excluding steroid dienone is 2. The van der Waals surface area contributed by atoms with E-state index >= 15 is 0 Å². The molecule has 5 aliphatic rings. The van der Waals surface area contributed by atoms with Crippen LogP contribution in [-0.2, 0) is 40.4 Å². The summed E-state index contributed by atoms with van der Waals surface area (Å²) in [5, 5.41) is 1.46. The van der Waals surface area contributed by atoms with E-state index in [9.17, 15) is 40.8 Å². The number of amides is 2. The number of Topliss-reactive ketones (excluding diaryl/α,β-unsaturated/α-hetero) is 1. The highest BCUT2D eigenvalue weighted by Gasteiger charge is 2.63. The average molecular weight is 846 g/mol. The van der Waals surface area contributed by atoms with E-state index in [1.54, 1.807) is 20.0 Å². The number of fused-ring (bicyclic) bond motifs is 5. The molecule has 0 radical (unpaired) electrons. The minimum absolute atomic E-state index is 0.0122. The topological polar surface area (TPSA) is 158 Å². The van der Waals surface area contributed by atoms with E-state index in [-0.39, 0.29) is 37.6 Å². The maximum absolute atomic E-state index is 14.9. The fourth-order valence-corrected chi connectivity index (χ4v) is 10.3. The molecule has 2 aliphatic carbocycles. The number of aromatic nitrogens is 1. The van der Waals surface area contributed by atoms with Crippen LogP contribution in [-0.4, -0.2) is 83.7 Å². The van der Waals surface area contributed by atoms with Gasteiger partial charge in [0.05, 0.1) is 41.7 Å². The molecule has 0 unspecified atom stereocenters. The number of benzene rings is 1. The van der Waals surface area contributed by atoms with Gasteiger partial charge in [-0.15, -0.1) is 0 Å². The number of hydrogen-bond acceptors (Lipinski definition) is 10. The SMILES string of the molecule is C[C@@H]1CC/C=C\[C@@H]2C[C@@]2(C(=O)NS(=O)(=O)C2(C)CC2)CC(=O)[C@@H]2C[C@@H](Oc3nccc4c5c(ccc34)CCCO5)CN2C(=O)[C@@H](CC(=O)OC(C)(C)C(F)(F)F)[C@H](C)C1. The number of pyridine rings is 1. The third kappa shape index (κ3) is 8.56. The standard InChI is InChI=1S/C43H54F3N3O9S/c1-25-9-6-7-11-28-22-42(28,39(53)48-59(54,55)41(5)15-16-41)23-34(50)33-20-29(57-37-31-13-12-27-10-8-18-56-36(27)30(31)14-17-47-37)24-49(33)38(52)32(26(2)19-25)21-35(51)58-40(3,4)43(44,45)46/h7,11-14,17,25-26,28-29,32-33H,6,8-10,15-16,18-24H2,1-5H3,(H,48,53)/b11-7-/t25-,26-,28-,29-,32+,33+,42-/m1/s1. The molecule has 3 fully saturated rings. The summed E-state index contributed by atoms with van der Waals surface area (Å²) in [6, 6.07) is 4.52. The summed E-state index contributed by atoms with van der Waals surface area (Å²) in [6.45, 7) is 7.26. The van der Waals surface area contributed by atoms with Crippen LogP contribution in [0.2, 0.25) is 0 Å². The van der Waals surface area contributed by atoms with Crippen LogP contribution in [0.1, 0.15) is 104 Å². The number of hydrogen-bond donors (Lipinski definition) is 1. The summed E-state index contributed by atoms with van der Waals surface area (Å²) in [5.74, 6) is -4.13. The Morgan fingerprint density at radius 3 is 2.54 bits per heavy atom. The Morgan fingerprint density at radius 1 is 1.08 bits per heavy atom. The fraction of sp³-hybridized carbons (Fsp3) is 0.651. The molecule has 2 aromatic rings. The van der Waals surface area contributed by atoms with Crippen LogP contribution in [0.15, 0.2) is 36.5 Å². The number of esters is 1. The van der Waals surface area contributed by atoms with Crippen molar-refractivity contribution in [3.8, 4) is 11.6 Å². The van der Waals surface area contributed by atoms with E-state index in [4.69, 9.17) is 14.2 Å². The molecule has 322 valence electrons. The summed E-state index contributed by atoms with van der Waals surface area (Å²) in [6.07, 6.45) is 3.20. The Hall–Kier alpha value is -4.21. The number of nitrogens with one attached hydrogen (secondary N) is 1. The van der Waals surface area contributed by atoms with Crippen molar-refractivity contribution >= 4 is 44.4 Å². The molecule has 1 aromatic carbocycles. The van der Waals surface area contributed by atoms with Gasteiger partial charge in [0.15, 0.2) is 5.78 Å². The van der Waals surface area contributed by atoms with Gasteiger partial charge < -0.3 is 19.1 Å². The quantitative estimate of drug-likeness (QED) is 0.222. The number of ketones is 1. The lowest BCUT2D eigenvalue weighted by atomic mass is 9.82. The second-order valence-electron chi connectivity index (χ2n) is 18.3. The van der Waals surface area contributed by atoms with Crippen molar-refractivity contribution < 1.29 is 55.0 Å². The first-order chi connectivity index (χ1) is 27.6. The van der Waals surface area contributed by atoms with Gasteiger partial charge >= 0.3 is 12.1 Å². The van der Waals surface area contributed by atoms with Crippen molar-refractivity contribution in [2.45, 2.75) is 134 Å². The molecule has 2 saturated carbocycles. The fourth-order valence-electron chi connectivity index (χ4n) is 8.95. The molecule has 0 spiro atoms. The summed E-state index contributed by atoms with van der Waals surface area (Å²) in [5.41, 5.74) is -3.13. The third-order valence-corrected chi connectivity index (χ3v) is 15.5. The number of alkyl halides is 3. The zero-order valence-electron chi connectivity index (χ0n) is 34.2. The molecule has 2 amide bonds. The van der Waals surface area contributed by atoms with Gasteiger partial charge in [-0.2, -0.15) is 13.2 Å². The van der Waals surface area contributed by atoms with Crippen LogP contribution < -0.4 is 14.2 Å². The van der Waals surface area contributed by atoms with Crippen molar-refractivity contribution in [1.82, 2.24) is 14.6 Å². The average Bonchev–Trinajstić information content (AvgIpc) is 4.04. The smallest absolute Gasteiger partial charge is 0.427 e. The molecule has 1 saturated heterocycles. The first-order valence-corrected chi connectivity index (χ1v) is 22.2. The van der Waals surface area contributed by atoms with Crippen molar-refractivity contribution in [3.05, 3.63) is 42.1 Å². The van der Waals surface area contributed by atoms with Crippen LogP contribution in [0.4, 0.5) is 13.2 Å². The van der Waals surface area contributed by atoms with Crippen molar-refractivity contribution in [2.75, 3.05) is 13.2 Å². The molecule has 4 heterocycles. The van der Waals surface area contributed by atoms with Crippen molar-refractivity contribution in [1.29, 1.82) is 0 Å². The molecule has 3 aliphatic heterocycles. The van der Waals surface area contributed by atoms with E-state index in [1.165, 1.54) is 4.90 Å². The molecular weight excluding hydrogens is 792 g/mol. The molecule has 7 atom stereocenters. The number of sulfonamides is 1. The largest absolute Gasteiger partial charge is 0.493 e. The predicted molar refractivity (Wildman–Crippen MR) is 211 cm³/mol. The monoisotopic (exact) mass is 845 g/mol. The number of aryl methyl sites for hydroxylation is 1. The normalized spacial score (nSPS) is 30.4. The van der Waals surface area contributed by atoms with Crippen LogP contribution in [0.3, 0.4) is 0 Å². The Kier molecular flexibility index (Phi) is 11.4. The molecule has 1 N–H and O–H groups in total. The van der Waals surface area contributed by atoms with E-state index in [2.05, 4.69) is 9.71 Å². The molecule has 59 heavy (non-hydrogen) atoms. The summed E-state index contributed by atoms with van der Waals surface area (Å²) in [4.78, 5) is 62.7. The highest BCUT2D eigenvalue weighted by Crippen LogP contribution is 2.58. The zero-order chi connectivity index (χ0) is 42.7. The minimum atomic E-state index is -4.86. The highest BCUT2D eigenvalue weighted by atomic mass is 32.2. The predicted octanol–water partition coefficient (Wildman–Crippen LogP) is 6.77. The molecule has 12 nitrogen and oxygen atoms in total. The van der Waals surface area contributed by atoms with E-state index < -0.39 is 91.8 Å². The van der Waals surface area contributed by atoms with Gasteiger partial charge in [-0.1, -0.05) is 32.1 Å². The lowest BCUT2D eigenvalue weighted by Crippen LogP contribution is -2.48. The summed E-state index contributed by atoms with van der Waals surface area (Å²) >= 11 is 0. The lowest BCUT2D eigenvalue weighted by Gasteiger charge is -2.33. The number of rotatable bonds is 8. The van der Waals surface area contributed by atoms with E-state index in [1.807, 2.05) is 37.3 Å². The van der Waals surface area contributed by atoms with Gasteiger partial charge in [0.25, 0.3) is 0 Å². The van der Waals surface area contributed by atoms with Gasteiger partial charge in [0.2, 0.25) is 33.3 Å². The van der Waals surface area contributed by atoms with Crippen molar-refractivity contribution in [2.24, 2.45) is 29.1 Å². The summed E-state index contributed by atoms with van der Waals surface area (Å²) < 4.78 is 86.5. The maximum Gasteiger partial charge on any atom is 0.427 e. The van der Waals surface area contributed by atoms with Gasteiger partial charge in [0.1, 0.15) is 11.9 Å². The van der Waals surface area contributed by atoms with Crippen LogP contribution in [0, 0.1) is 29.1 Å². The van der Waals surface area contributed by atoms with Gasteiger partial charge in [-0.3, -0.25) is 23.9 Å². The molecule has 0 bridgehead atoms. The summed E-state index contributed by atoms with van der Waals surface area (Å²) in [7, 11) is -4.03. The molecule has 1 aromatic heterocycles. The van der Waals surface area contributed by atoms with Gasteiger partial charge in [-0.25, -0.2) is 13.4 Å². The number of carbonyl (C=O) groups excluding carboxylic acids is 4. The van der Waals surface area contributed by atoms with Crippen molar-refractivity contribution in [3.63, 3.8) is 0 Å². The van der Waals surface area contributed by atoms with Crippen LogP contribution in [0.5, 0.6) is 11.6 Å². The number of halogens is 3. The number of carbonyl (C=O) groups is 4. The first kappa shape index (κ1) is 42.9. The maximum atomic E-state index is 14.9. The Morgan fingerprint density at radius 2 is 1.83 bits per heavy atom. The Labute approximate surface area is 343 Å². The van der Waals surface area contributed by atoms with Gasteiger partial charge in [0, 0.05) is 29.8 Å². The third-order valence-electron chi connectivity index (χ3n) is 13.3. The van der Waals surface area contributed by atoms with Crippen LogP contribution in [0.25, 0.3) is 10.8 Å². The number of ether oxygens (including phenoxy) is 3. The number of nitrogens with zero attached hydrogens (tertiary/aromatic N) is 2. The highest BCUT2D eigenvalue weighted by molar-refractivity contribution is 7.91. The second kappa shape index (κ2) is 15.7. The minimum Gasteiger partial charge on any atom is -0.493 e. The Bertz CT molecular complexity index is 2150. The molecule has 7 rings (SSSR count). The van der Waals surface area contributed by atoms with E-state index in [0.29, 0.717) is 44.1 Å². The van der Waals surface area contributed by atoms with Gasteiger partial charge in [-0.05, 0) is 108 Å². The zero-order valence-corrected chi connectivity index (χ0v) is 35.0. The van der Waals surface area contributed by atoms with Crippen LogP contribution >= 0.6 is 0 Å². The van der Waals surface area contributed by atoms with E-state index in [0.717, 1.165) is 43.4 Å².